The van der Waals surface area contributed by atoms with E-state index >= 15 is 0 Å². The normalized spacial score (nSPS) is 11.2. The van der Waals surface area contributed by atoms with Gasteiger partial charge in [-0.05, 0) is 23.6 Å². The second kappa shape index (κ2) is 5.21. The van der Waals surface area contributed by atoms with Crippen LogP contribution in [0.2, 0.25) is 5.02 Å². The van der Waals surface area contributed by atoms with Crippen LogP contribution in [0.25, 0.3) is 10.8 Å². The van der Waals surface area contributed by atoms with Crippen LogP contribution in [0.5, 0.6) is 0 Å². The minimum Gasteiger partial charge on any atom is -0.148 e. The molecule has 0 aromatic heterocycles. The van der Waals surface area contributed by atoms with Crippen LogP contribution < -0.4 is 0 Å². The molecule has 0 saturated heterocycles. The lowest BCUT2D eigenvalue weighted by atomic mass is 10.1. The van der Waals surface area contributed by atoms with Crippen molar-refractivity contribution in [2.45, 2.75) is 0 Å². The van der Waals surface area contributed by atoms with Gasteiger partial charge in [0.2, 0.25) is 0 Å². The van der Waals surface area contributed by atoms with Crippen LogP contribution in [0.15, 0.2) is 77.0 Å². The van der Waals surface area contributed by atoms with Crippen molar-refractivity contribution in [3.63, 3.8) is 0 Å². The van der Waals surface area contributed by atoms with Gasteiger partial charge < -0.3 is 0 Å². The van der Waals surface area contributed by atoms with Crippen molar-refractivity contribution in [1.82, 2.24) is 0 Å². The number of azo groups is 1. The monoisotopic (exact) mass is 266 g/mol. The zero-order chi connectivity index (χ0) is 13.1. The molecule has 3 aromatic rings. The fourth-order valence-corrected chi connectivity index (χ4v) is 2.13. The molecular weight excluding hydrogens is 256 g/mol. The molecule has 1 heterocycles. The summed E-state index contributed by atoms with van der Waals surface area (Å²) in [5.41, 5.74) is 2.01. The highest BCUT2D eigenvalue weighted by atomic mass is 35.5. The van der Waals surface area contributed by atoms with E-state index < -0.39 is 0 Å². The molecule has 92 valence electrons. The smallest absolute Gasteiger partial charge is 0.113 e. The Hall–Kier alpha value is -2.19. The van der Waals surface area contributed by atoms with E-state index in [1.165, 1.54) is 5.39 Å². The molecule has 0 unspecified atom stereocenters. The predicted octanol–water partition coefficient (Wildman–Crippen LogP) is 5.91. The molecule has 0 N–H and O–H groups in total. The Balaban J connectivity index is 0.000000122. The molecule has 0 amide bonds. The van der Waals surface area contributed by atoms with Gasteiger partial charge in [0.05, 0.1) is 0 Å². The first-order valence-corrected chi connectivity index (χ1v) is 6.36. The van der Waals surface area contributed by atoms with E-state index in [-0.39, 0.29) is 0 Å². The average molecular weight is 267 g/mol. The number of halogens is 1. The molecule has 0 saturated carbocycles. The van der Waals surface area contributed by atoms with Gasteiger partial charge in [0.15, 0.2) is 0 Å². The first-order valence-electron chi connectivity index (χ1n) is 5.98. The quantitative estimate of drug-likeness (QED) is 0.378. The van der Waals surface area contributed by atoms with Crippen LogP contribution in [0.1, 0.15) is 0 Å². The van der Waals surface area contributed by atoms with Crippen LogP contribution in [-0.2, 0) is 0 Å². The third-order valence-corrected chi connectivity index (χ3v) is 3.21. The van der Waals surface area contributed by atoms with Gasteiger partial charge in [-0.2, -0.15) is 0 Å². The van der Waals surface area contributed by atoms with E-state index in [0.29, 0.717) is 0 Å². The largest absolute Gasteiger partial charge is 0.148 e. The summed E-state index contributed by atoms with van der Waals surface area (Å²) >= 11 is 5.96. The summed E-state index contributed by atoms with van der Waals surface area (Å²) in [4.78, 5) is 0. The molecule has 4 rings (SSSR count). The third-order valence-electron chi connectivity index (χ3n) is 2.88. The van der Waals surface area contributed by atoms with Crippen LogP contribution in [0.3, 0.4) is 0 Å². The Labute approximate surface area is 116 Å². The summed E-state index contributed by atoms with van der Waals surface area (Å²) in [6, 6.07) is 21.8. The SMILES string of the molecule is Clc1cccc2ccccc12.c1ccc2c(c1)N=N2. The Bertz CT molecular complexity index is 720. The molecule has 1 aliphatic rings. The topological polar surface area (TPSA) is 24.7 Å². The van der Waals surface area contributed by atoms with Crippen LogP contribution in [0.4, 0.5) is 11.4 Å². The van der Waals surface area contributed by atoms with Crippen molar-refractivity contribution < 1.29 is 0 Å². The maximum Gasteiger partial charge on any atom is 0.113 e. The molecular formula is C16H11ClN2. The summed E-state index contributed by atoms with van der Waals surface area (Å²) in [7, 11) is 0. The van der Waals surface area contributed by atoms with Gasteiger partial charge in [0, 0.05) is 10.4 Å². The van der Waals surface area contributed by atoms with E-state index in [9.17, 15) is 0 Å². The standard InChI is InChI=1S/C10H7Cl.C6H4N2/c11-10-7-3-5-8-4-1-2-6-9(8)10;1-2-4-6-5(3-1)7-8-6/h1-7H;1-4H. The summed E-state index contributed by atoms with van der Waals surface area (Å²) in [5, 5.41) is 10.7. The number of fused-ring (bicyclic) bond motifs is 2. The number of hydrogen-bond acceptors (Lipinski definition) is 2. The maximum absolute atomic E-state index is 5.96. The number of rotatable bonds is 0. The molecule has 3 heteroatoms. The number of hydrogen-bond donors (Lipinski definition) is 0. The Kier molecular flexibility index (Phi) is 3.25. The molecule has 0 atom stereocenters. The average Bonchev–Trinajstić information content (AvgIpc) is 2.42. The second-order valence-electron chi connectivity index (χ2n) is 4.15. The van der Waals surface area contributed by atoms with Gasteiger partial charge in [-0.25, -0.2) is 0 Å². The fourth-order valence-electron chi connectivity index (χ4n) is 1.88. The molecule has 3 aromatic carbocycles. The summed E-state index contributed by atoms with van der Waals surface area (Å²) in [5.74, 6) is 0. The lowest BCUT2D eigenvalue weighted by Crippen LogP contribution is -1.72. The zero-order valence-corrected chi connectivity index (χ0v) is 10.9. The van der Waals surface area contributed by atoms with Gasteiger partial charge in [-0.1, -0.05) is 60.1 Å². The Morgan fingerprint density at radius 2 is 1.21 bits per heavy atom. The van der Waals surface area contributed by atoms with E-state index in [1.807, 2.05) is 54.6 Å². The first kappa shape index (κ1) is 11.9. The van der Waals surface area contributed by atoms with Crippen molar-refractivity contribution in [3.8, 4) is 0 Å². The Morgan fingerprint density at radius 3 is 1.79 bits per heavy atom. The van der Waals surface area contributed by atoms with Crippen LogP contribution in [0, 0.1) is 0 Å². The molecule has 1 aliphatic heterocycles. The minimum atomic E-state index is 0.822. The highest BCUT2D eigenvalue weighted by Crippen LogP contribution is 2.36. The zero-order valence-electron chi connectivity index (χ0n) is 10.1. The van der Waals surface area contributed by atoms with Crippen molar-refractivity contribution in [2.75, 3.05) is 0 Å². The summed E-state index contributed by atoms with van der Waals surface area (Å²) in [6.07, 6.45) is 0. The number of nitrogens with zero attached hydrogens (tertiary/aromatic N) is 2. The molecule has 2 nitrogen and oxygen atoms in total. The van der Waals surface area contributed by atoms with Crippen molar-refractivity contribution >= 4 is 33.7 Å². The van der Waals surface area contributed by atoms with Gasteiger partial charge >= 0.3 is 0 Å². The molecule has 19 heavy (non-hydrogen) atoms. The maximum atomic E-state index is 5.96. The van der Waals surface area contributed by atoms with Crippen molar-refractivity contribution in [3.05, 3.63) is 71.8 Å². The van der Waals surface area contributed by atoms with Gasteiger partial charge in [0.25, 0.3) is 0 Å². The molecule has 0 fully saturated rings. The first-order chi connectivity index (χ1) is 9.34. The molecule has 0 spiro atoms. The third kappa shape index (κ3) is 2.49. The van der Waals surface area contributed by atoms with E-state index in [2.05, 4.69) is 22.4 Å². The molecule has 0 radical (unpaired) electrons. The van der Waals surface area contributed by atoms with Crippen LogP contribution in [-0.4, -0.2) is 0 Å². The molecule has 0 aliphatic carbocycles. The van der Waals surface area contributed by atoms with E-state index in [1.54, 1.807) is 0 Å². The lowest BCUT2D eigenvalue weighted by molar-refractivity contribution is 1.14. The minimum absolute atomic E-state index is 0.822. The fraction of sp³-hybridized carbons (Fsp3) is 0. The lowest BCUT2D eigenvalue weighted by Gasteiger charge is -2.03. The van der Waals surface area contributed by atoms with E-state index in [0.717, 1.165) is 21.8 Å². The highest BCUT2D eigenvalue weighted by molar-refractivity contribution is 6.35. The van der Waals surface area contributed by atoms with Crippen molar-refractivity contribution in [2.24, 2.45) is 10.2 Å². The number of benzene rings is 3. The highest BCUT2D eigenvalue weighted by Gasteiger charge is 2.04. The molecule has 0 bridgehead atoms. The van der Waals surface area contributed by atoms with Gasteiger partial charge in [-0.3, -0.25) is 0 Å². The summed E-state index contributed by atoms with van der Waals surface area (Å²) < 4.78 is 0. The van der Waals surface area contributed by atoms with Gasteiger partial charge in [-0.15, -0.1) is 10.2 Å². The van der Waals surface area contributed by atoms with Crippen LogP contribution >= 0.6 is 11.6 Å². The van der Waals surface area contributed by atoms with Gasteiger partial charge in [0.1, 0.15) is 11.4 Å². The summed E-state index contributed by atoms with van der Waals surface area (Å²) in [6.45, 7) is 0. The van der Waals surface area contributed by atoms with E-state index in [4.69, 9.17) is 11.6 Å². The van der Waals surface area contributed by atoms with Crippen molar-refractivity contribution in [1.29, 1.82) is 0 Å². The Morgan fingerprint density at radius 1 is 0.632 bits per heavy atom. The second-order valence-corrected chi connectivity index (χ2v) is 4.56. The predicted molar refractivity (Wildman–Crippen MR) is 79.6 cm³/mol.